The number of thiazole rings is 2. The minimum atomic E-state index is -0.306. The van der Waals surface area contributed by atoms with E-state index in [1.165, 1.54) is 34.8 Å². The lowest BCUT2D eigenvalue weighted by molar-refractivity contribution is 0.0998. The summed E-state index contributed by atoms with van der Waals surface area (Å²) >= 11 is 2.81. The molecular weight excluding hydrogens is 345 g/mol. The molecule has 24 heavy (non-hydrogen) atoms. The number of fused-ring (bicyclic) bond motifs is 2. The summed E-state index contributed by atoms with van der Waals surface area (Å²) in [5.74, 6) is -0.597. The molecule has 0 saturated heterocycles. The predicted molar refractivity (Wildman–Crippen MR) is 95.0 cm³/mol. The van der Waals surface area contributed by atoms with Crippen LogP contribution >= 0.6 is 22.7 Å². The highest BCUT2D eigenvalue weighted by atomic mass is 32.1. The molecule has 0 fully saturated rings. The average Bonchev–Trinajstić information content (AvgIpc) is 3.17. The molecule has 0 saturated carbocycles. The van der Waals surface area contributed by atoms with Gasteiger partial charge in [0, 0.05) is 12.1 Å². The van der Waals surface area contributed by atoms with Gasteiger partial charge in [-0.15, -0.1) is 11.3 Å². The number of hydrogen-bond acceptors (Lipinski definition) is 4. The quantitative estimate of drug-likeness (QED) is 0.539. The molecule has 2 heterocycles. The molecule has 2 aromatic carbocycles. The van der Waals surface area contributed by atoms with Gasteiger partial charge in [0.2, 0.25) is 0 Å². The molecule has 4 rings (SSSR count). The fourth-order valence-corrected chi connectivity index (χ4v) is 4.41. The van der Waals surface area contributed by atoms with E-state index in [0.717, 1.165) is 20.4 Å². The average molecular weight is 357 g/mol. The molecule has 2 aromatic heterocycles. The summed E-state index contributed by atoms with van der Waals surface area (Å²) in [4.78, 5) is 21.6. The van der Waals surface area contributed by atoms with E-state index in [4.69, 9.17) is 0 Å². The van der Waals surface area contributed by atoms with Gasteiger partial charge in [0.1, 0.15) is 5.82 Å². The summed E-state index contributed by atoms with van der Waals surface area (Å²) in [7, 11) is 0. The van der Waals surface area contributed by atoms with Crippen molar-refractivity contribution in [2.24, 2.45) is 4.99 Å². The summed E-state index contributed by atoms with van der Waals surface area (Å²) in [6, 6.07) is 9.98. The molecule has 0 spiro atoms. The lowest BCUT2D eigenvalue weighted by Crippen LogP contribution is -2.15. The highest BCUT2D eigenvalue weighted by molar-refractivity contribution is 7.17. The highest BCUT2D eigenvalue weighted by Crippen LogP contribution is 2.21. The number of rotatable bonds is 2. The van der Waals surface area contributed by atoms with Crippen molar-refractivity contribution in [2.75, 3.05) is 0 Å². The van der Waals surface area contributed by atoms with Crippen LogP contribution in [0.3, 0.4) is 0 Å². The first-order chi connectivity index (χ1) is 11.7. The van der Waals surface area contributed by atoms with E-state index >= 15 is 0 Å². The molecule has 0 aliphatic heterocycles. The minimum Gasteiger partial charge on any atom is -0.317 e. The van der Waals surface area contributed by atoms with Crippen LogP contribution in [0.5, 0.6) is 0 Å². The zero-order valence-corrected chi connectivity index (χ0v) is 14.3. The first kappa shape index (κ1) is 15.2. The van der Waals surface area contributed by atoms with Crippen LogP contribution in [0.2, 0.25) is 0 Å². The standard InChI is InChI=1S/C17H12FN3OS2/c1-2-21-13-6-4-11(18)8-15(13)24-17(21)20-16(22)10-3-5-12-14(7-10)23-9-19-12/h3-9H,2H2,1H3. The van der Waals surface area contributed by atoms with Gasteiger partial charge in [-0.2, -0.15) is 4.99 Å². The van der Waals surface area contributed by atoms with E-state index in [-0.39, 0.29) is 11.7 Å². The zero-order valence-electron chi connectivity index (χ0n) is 12.7. The molecule has 1 amide bonds. The molecule has 7 heteroatoms. The SMILES string of the molecule is CCn1c(=NC(=O)c2ccc3ncsc3c2)sc2cc(F)ccc21. The number of hydrogen-bond donors (Lipinski definition) is 0. The van der Waals surface area contributed by atoms with Crippen LogP contribution in [0, 0.1) is 5.82 Å². The lowest BCUT2D eigenvalue weighted by atomic mass is 10.2. The highest BCUT2D eigenvalue weighted by Gasteiger charge is 2.10. The number of halogens is 1. The monoisotopic (exact) mass is 357 g/mol. The lowest BCUT2D eigenvalue weighted by Gasteiger charge is -2.00. The van der Waals surface area contributed by atoms with Gasteiger partial charge in [0.05, 0.1) is 25.9 Å². The minimum absolute atomic E-state index is 0.291. The number of carbonyl (C=O) groups is 1. The fourth-order valence-electron chi connectivity index (χ4n) is 2.58. The summed E-state index contributed by atoms with van der Waals surface area (Å²) in [6.07, 6.45) is 0. The van der Waals surface area contributed by atoms with Crippen LogP contribution in [0.1, 0.15) is 17.3 Å². The molecular formula is C17H12FN3OS2. The topological polar surface area (TPSA) is 47.2 Å². The zero-order chi connectivity index (χ0) is 16.7. The Morgan fingerprint density at radius 1 is 1.25 bits per heavy atom. The number of nitrogens with zero attached hydrogens (tertiary/aromatic N) is 3. The maximum Gasteiger partial charge on any atom is 0.279 e. The van der Waals surface area contributed by atoms with Crippen molar-refractivity contribution in [3.63, 3.8) is 0 Å². The van der Waals surface area contributed by atoms with Crippen molar-refractivity contribution in [3.8, 4) is 0 Å². The largest absolute Gasteiger partial charge is 0.317 e. The second-order valence-corrected chi connectivity index (χ2v) is 7.09. The molecule has 4 nitrogen and oxygen atoms in total. The van der Waals surface area contributed by atoms with Crippen LogP contribution in [0.15, 0.2) is 46.9 Å². The molecule has 0 aliphatic rings. The maximum absolute atomic E-state index is 13.4. The fraction of sp³-hybridized carbons (Fsp3) is 0.118. The predicted octanol–water partition coefficient (Wildman–Crippen LogP) is 4.21. The summed E-state index contributed by atoms with van der Waals surface area (Å²) in [6.45, 7) is 2.63. The Balaban J connectivity index is 1.84. The van der Waals surface area contributed by atoms with E-state index in [0.29, 0.717) is 16.9 Å². The van der Waals surface area contributed by atoms with Gasteiger partial charge >= 0.3 is 0 Å². The van der Waals surface area contributed by atoms with Crippen LogP contribution in [0.25, 0.3) is 20.4 Å². The third-order valence-corrected chi connectivity index (χ3v) is 5.57. The number of aromatic nitrogens is 2. The van der Waals surface area contributed by atoms with Gasteiger partial charge < -0.3 is 4.57 Å². The number of amides is 1. The Labute approximate surface area is 144 Å². The first-order valence-electron chi connectivity index (χ1n) is 7.37. The van der Waals surface area contributed by atoms with Crippen LogP contribution in [-0.4, -0.2) is 15.5 Å². The Morgan fingerprint density at radius 3 is 2.96 bits per heavy atom. The Bertz CT molecular complexity index is 1140. The van der Waals surface area contributed by atoms with E-state index in [1.807, 2.05) is 23.6 Å². The molecule has 0 N–H and O–H groups in total. The second kappa shape index (κ2) is 5.92. The van der Waals surface area contributed by atoms with Crippen LogP contribution in [-0.2, 0) is 6.54 Å². The Hall–Kier alpha value is -2.38. The van der Waals surface area contributed by atoms with Crippen molar-refractivity contribution in [1.82, 2.24) is 9.55 Å². The maximum atomic E-state index is 13.4. The van der Waals surface area contributed by atoms with Crippen molar-refractivity contribution in [2.45, 2.75) is 13.5 Å². The van der Waals surface area contributed by atoms with Gasteiger partial charge in [0.15, 0.2) is 4.80 Å². The van der Waals surface area contributed by atoms with E-state index in [2.05, 4.69) is 9.98 Å². The normalized spacial score (nSPS) is 12.3. The number of benzene rings is 2. The molecule has 4 aromatic rings. The Kier molecular flexibility index (Phi) is 3.74. The molecule has 120 valence electrons. The molecule has 0 atom stereocenters. The second-order valence-electron chi connectivity index (χ2n) is 5.19. The summed E-state index contributed by atoms with van der Waals surface area (Å²) in [5, 5.41) is 0. The summed E-state index contributed by atoms with van der Waals surface area (Å²) in [5.41, 5.74) is 4.03. The van der Waals surface area contributed by atoms with Crippen LogP contribution in [0.4, 0.5) is 4.39 Å². The van der Waals surface area contributed by atoms with Gasteiger partial charge in [-0.25, -0.2) is 9.37 Å². The van der Waals surface area contributed by atoms with Crippen molar-refractivity contribution in [1.29, 1.82) is 0 Å². The third kappa shape index (κ3) is 2.55. The number of aryl methyl sites for hydroxylation is 1. The number of carbonyl (C=O) groups excluding carboxylic acids is 1. The Morgan fingerprint density at radius 2 is 2.12 bits per heavy atom. The third-order valence-electron chi connectivity index (χ3n) is 3.74. The first-order valence-corrected chi connectivity index (χ1v) is 9.06. The summed E-state index contributed by atoms with van der Waals surface area (Å²) < 4.78 is 17.1. The molecule has 0 bridgehead atoms. The van der Waals surface area contributed by atoms with Crippen molar-refractivity contribution >= 4 is 49.0 Å². The van der Waals surface area contributed by atoms with E-state index in [1.54, 1.807) is 17.6 Å². The van der Waals surface area contributed by atoms with E-state index in [9.17, 15) is 9.18 Å². The van der Waals surface area contributed by atoms with Gasteiger partial charge in [-0.1, -0.05) is 11.3 Å². The van der Waals surface area contributed by atoms with Gasteiger partial charge in [-0.3, -0.25) is 4.79 Å². The van der Waals surface area contributed by atoms with Gasteiger partial charge in [0.25, 0.3) is 5.91 Å². The molecule has 0 aliphatic carbocycles. The smallest absolute Gasteiger partial charge is 0.279 e. The van der Waals surface area contributed by atoms with E-state index < -0.39 is 0 Å². The van der Waals surface area contributed by atoms with Crippen LogP contribution < -0.4 is 4.80 Å². The van der Waals surface area contributed by atoms with Crippen molar-refractivity contribution in [3.05, 3.63) is 58.1 Å². The molecule has 0 radical (unpaired) electrons. The van der Waals surface area contributed by atoms with Crippen molar-refractivity contribution < 1.29 is 9.18 Å². The van der Waals surface area contributed by atoms with Gasteiger partial charge in [-0.05, 0) is 43.3 Å². The molecule has 0 unspecified atom stereocenters.